The zero-order valence-electron chi connectivity index (χ0n) is 10.2. The van der Waals surface area contributed by atoms with Crippen molar-refractivity contribution >= 4 is 5.91 Å². The van der Waals surface area contributed by atoms with Crippen LogP contribution in [0.1, 0.15) is 10.4 Å². The zero-order valence-corrected chi connectivity index (χ0v) is 10.2. The van der Waals surface area contributed by atoms with Gasteiger partial charge in [0.1, 0.15) is 0 Å². The average molecular weight is 255 g/mol. The van der Waals surface area contributed by atoms with Crippen LogP contribution in [-0.2, 0) is 0 Å². The molecule has 1 amide bonds. The number of phenols is 1. The number of aliphatic hydroxyl groups excluding tert-OH is 2. The fraction of sp³-hybridized carbons (Fsp3) is 0.417. The molecule has 6 nitrogen and oxygen atoms in total. The van der Waals surface area contributed by atoms with Crippen LogP contribution in [0, 0.1) is 0 Å². The van der Waals surface area contributed by atoms with E-state index in [0.29, 0.717) is 0 Å². The van der Waals surface area contributed by atoms with E-state index in [4.69, 9.17) is 14.9 Å². The second kappa shape index (κ2) is 6.83. The highest BCUT2D eigenvalue weighted by Gasteiger charge is 2.16. The third-order valence-corrected chi connectivity index (χ3v) is 2.45. The van der Waals surface area contributed by atoms with E-state index in [1.807, 2.05) is 0 Å². The number of amides is 1. The predicted octanol–water partition coefficient (Wildman–Crippen LogP) is -0.172. The maximum atomic E-state index is 12.0. The molecule has 0 bridgehead atoms. The van der Waals surface area contributed by atoms with Crippen molar-refractivity contribution in [3.63, 3.8) is 0 Å². The summed E-state index contributed by atoms with van der Waals surface area (Å²) in [5, 5.41) is 27.3. The van der Waals surface area contributed by atoms with Gasteiger partial charge in [0.2, 0.25) is 0 Å². The SMILES string of the molecule is COc1ccc(C(=O)N(CCO)CCO)cc1O. The number of benzene rings is 1. The number of carbonyl (C=O) groups is 1. The Balaban J connectivity index is 2.90. The Hall–Kier alpha value is -1.79. The van der Waals surface area contributed by atoms with E-state index in [2.05, 4.69) is 0 Å². The first-order chi connectivity index (χ1) is 8.63. The van der Waals surface area contributed by atoms with Crippen LogP contribution in [0.25, 0.3) is 0 Å². The van der Waals surface area contributed by atoms with Gasteiger partial charge in [0.05, 0.1) is 20.3 Å². The predicted molar refractivity (Wildman–Crippen MR) is 64.7 cm³/mol. The van der Waals surface area contributed by atoms with E-state index in [1.165, 1.54) is 30.2 Å². The van der Waals surface area contributed by atoms with Crippen LogP contribution in [-0.4, -0.2) is 59.5 Å². The molecule has 0 fully saturated rings. The summed E-state index contributed by atoms with van der Waals surface area (Å²) < 4.78 is 4.88. The summed E-state index contributed by atoms with van der Waals surface area (Å²) in [6.07, 6.45) is 0. The normalized spacial score (nSPS) is 10.2. The first kappa shape index (κ1) is 14.3. The van der Waals surface area contributed by atoms with Crippen LogP contribution in [0.2, 0.25) is 0 Å². The van der Waals surface area contributed by atoms with Crippen LogP contribution in [0.15, 0.2) is 18.2 Å². The summed E-state index contributed by atoms with van der Waals surface area (Å²) in [5.74, 6) is -0.213. The Morgan fingerprint density at radius 1 is 1.28 bits per heavy atom. The molecule has 1 aromatic rings. The zero-order chi connectivity index (χ0) is 13.5. The molecule has 0 atom stereocenters. The third kappa shape index (κ3) is 3.35. The summed E-state index contributed by atoms with van der Waals surface area (Å²) >= 11 is 0. The molecular formula is C12H17NO5. The van der Waals surface area contributed by atoms with Crippen molar-refractivity contribution in [3.8, 4) is 11.5 Å². The molecule has 100 valence electrons. The minimum atomic E-state index is -0.365. The van der Waals surface area contributed by atoms with Gasteiger partial charge in [-0.1, -0.05) is 0 Å². The van der Waals surface area contributed by atoms with Crippen LogP contribution >= 0.6 is 0 Å². The number of methoxy groups -OCH3 is 1. The minimum Gasteiger partial charge on any atom is -0.504 e. The molecule has 0 unspecified atom stereocenters. The van der Waals surface area contributed by atoms with E-state index in [0.717, 1.165) is 0 Å². The molecule has 0 radical (unpaired) electrons. The summed E-state index contributed by atoms with van der Waals surface area (Å²) in [4.78, 5) is 13.3. The fourth-order valence-corrected chi connectivity index (χ4v) is 1.56. The van der Waals surface area contributed by atoms with Gasteiger partial charge in [-0.05, 0) is 18.2 Å². The number of carbonyl (C=O) groups excluding carboxylic acids is 1. The number of ether oxygens (including phenoxy) is 1. The minimum absolute atomic E-state index is 0.128. The number of aromatic hydroxyl groups is 1. The van der Waals surface area contributed by atoms with E-state index in [-0.39, 0.29) is 49.3 Å². The smallest absolute Gasteiger partial charge is 0.254 e. The summed E-state index contributed by atoms with van der Waals surface area (Å²) in [6.45, 7) is -0.111. The van der Waals surface area contributed by atoms with E-state index < -0.39 is 0 Å². The highest BCUT2D eigenvalue weighted by molar-refractivity contribution is 5.94. The van der Waals surface area contributed by atoms with Crippen molar-refractivity contribution in [1.82, 2.24) is 4.90 Å². The number of phenolic OH excluding ortho intramolecular Hbond substituents is 1. The first-order valence-electron chi connectivity index (χ1n) is 5.52. The van der Waals surface area contributed by atoms with E-state index >= 15 is 0 Å². The van der Waals surface area contributed by atoms with E-state index in [9.17, 15) is 9.90 Å². The number of hydrogen-bond acceptors (Lipinski definition) is 5. The Labute approximate surface area is 105 Å². The molecule has 1 aromatic carbocycles. The molecule has 0 aliphatic carbocycles. The van der Waals surface area contributed by atoms with Crippen LogP contribution in [0.5, 0.6) is 11.5 Å². The second-order valence-corrected chi connectivity index (χ2v) is 3.63. The van der Waals surface area contributed by atoms with Crippen LogP contribution in [0.3, 0.4) is 0 Å². The molecule has 0 spiro atoms. The molecule has 0 aromatic heterocycles. The van der Waals surface area contributed by atoms with Gasteiger partial charge in [-0.3, -0.25) is 4.79 Å². The van der Waals surface area contributed by atoms with Gasteiger partial charge in [0.25, 0.3) is 5.91 Å². The van der Waals surface area contributed by atoms with E-state index in [1.54, 1.807) is 0 Å². The molecule has 0 saturated heterocycles. The number of hydrogen-bond donors (Lipinski definition) is 3. The Kier molecular flexibility index (Phi) is 5.41. The van der Waals surface area contributed by atoms with Crippen molar-refractivity contribution in [1.29, 1.82) is 0 Å². The van der Waals surface area contributed by atoms with Gasteiger partial charge in [-0.15, -0.1) is 0 Å². The maximum Gasteiger partial charge on any atom is 0.254 e. The molecule has 18 heavy (non-hydrogen) atoms. The summed E-state index contributed by atoms with van der Waals surface area (Å²) in [5.41, 5.74) is 0.273. The molecule has 6 heteroatoms. The maximum absolute atomic E-state index is 12.0. The van der Waals surface area contributed by atoms with Crippen LogP contribution < -0.4 is 4.74 Å². The van der Waals surface area contributed by atoms with Crippen molar-refractivity contribution < 1.29 is 24.9 Å². The lowest BCUT2D eigenvalue weighted by molar-refractivity contribution is 0.0684. The first-order valence-corrected chi connectivity index (χ1v) is 5.52. The summed E-state index contributed by atoms with van der Waals surface area (Å²) in [6, 6.07) is 4.30. The number of aliphatic hydroxyl groups is 2. The van der Waals surface area contributed by atoms with Gasteiger partial charge in [0.15, 0.2) is 11.5 Å². The van der Waals surface area contributed by atoms with Crippen molar-refractivity contribution in [2.24, 2.45) is 0 Å². The van der Waals surface area contributed by atoms with Gasteiger partial charge in [-0.2, -0.15) is 0 Å². The fourth-order valence-electron chi connectivity index (χ4n) is 1.56. The monoisotopic (exact) mass is 255 g/mol. The van der Waals surface area contributed by atoms with Gasteiger partial charge in [0, 0.05) is 18.7 Å². The van der Waals surface area contributed by atoms with Crippen LogP contribution in [0.4, 0.5) is 0 Å². The van der Waals surface area contributed by atoms with Crippen molar-refractivity contribution in [2.75, 3.05) is 33.4 Å². The molecular weight excluding hydrogens is 238 g/mol. The van der Waals surface area contributed by atoms with Gasteiger partial charge >= 0.3 is 0 Å². The Bertz CT molecular complexity index is 401. The summed E-state index contributed by atoms with van der Waals surface area (Å²) in [7, 11) is 1.42. The average Bonchev–Trinajstić information content (AvgIpc) is 2.37. The van der Waals surface area contributed by atoms with Crippen molar-refractivity contribution in [2.45, 2.75) is 0 Å². The molecule has 0 heterocycles. The Morgan fingerprint density at radius 3 is 2.33 bits per heavy atom. The largest absolute Gasteiger partial charge is 0.504 e. The number of nitrogens with zero attached hydrogens (tertiary/aromatic N) is 1. The highest BCUT2D eigenvalue weighted by Crippen LogP contribution is 2.26. The second-order valence-electron chi connectivity index (χ2n) is 3.63. The molecule has 0 aliphatic rings. The molecule has 3 N–H and O–H groups in total. The van der Waals surface area contributed by atoms with Gasteiger partial charge < -0.3 is 25.0 Å². The topological polar surface area (TPSA) is 90.2 Å². The lowest BCUT2D eigenvalue weighted by Gasteiger charge is -2.20. The van der Waals surface area contributed by atoms with Crippen molar-refractivity contribution in [3.05, 3.63) is 23.8 Å². The third-order valence-electron chi connectivity index (χ3n) is 2.45. The molecule has 0 aliphatic heterocycles. The molecule has 0 saturated carbocycles. The van der Waals surface area contributed by atoms with Gasteiger partial charge in [-0.25, -0.2) is 0 Å². The highest BCUT2D eigenvalue weighted by atomic mass is 16.5. The standard InChI is InChI=1S/C12H17NO5/c1-18-11-3-2-9(8-10(11)16)12(17)13(4-6-14)5-7-15/h2-3,8,14-16H,4-7H2,1H3. The quantitative estimate of drug-likeness (QED) is 0.656. The lowest BCUT2D eigenvalue weighted by Crippen LogP contribution is -2.35. The lowest BCUT2D eigenvalue weighted by atomic mass is 10.1. The molecule has 1 rings (SSSR count). The number of rotatable bonds is 6. The Morgan fingerprint density at radius 2 is 1.89 bits per heavy atom.